The average Bonchev–Trinajstić information content (AvgIpc) is 2.05. The van der Waals surface area contributed by atoms with Crippen molar-refractivity contribution in [1.29, 1.82) is 0 Å². The summed E-state index contributed by atoms with van der Waals surface area (Å²) in [5.74, 6) is -0.810. The van der Waals surface area contributed by atoms with E-state index in [-0.39, 0.29) is 5.82 Å². The Morgan fingerprint density at radius 2 is 1.82 bits per heavy atom. The number of hydrogen-bond donors (Lipinski definition) is 0. The molecular formula is C9H7F2. The van der Waals surface area contributed by atoms with E-state index < -0.39 is 5.83 Å². The lowest BCUT2D eigenvalue weighted by atomic mass is 10.2. The molecule has 0 N–H and O–H groups in total. The Labute approximate surface area is 64.2 Å². The van der Waals surface area contributed by atoms with E-state index in [4.69, 9.17) is 0 Å². The van der Waals surface area contributed by atoms with Crippen LogP contribution in [-0.2, 0) is 0 Å². The summed E-state index contributed by atoms with van der Waals surface area (Å²) >= 11 is 0. The number of rotatable bonds is 1. The highest BCUT2D eigenvalue weighted by Gasteiger charge is 1.97. The highest BCUT2D eigenvalue weighted by atomic mass is 19.1. The summed E-state index contributed by atoms with van der Waals surface area (Å²) in [5.41, 5.74) is 0.349. The van der Waals surface area contributed by atoms with Gasteiger partial charge in [-0.3, -0.25) is 0 Å². The van der Waals surface area contributed by atoms with E-state index in [9.17, 15) is 8.78 Å². The second kappa shape index (κ2) is 3.28. The quantitative estimate of drug-likeness (QED) is 0.581. The van der Waals surface area contributed by atoms with E-state index in [2.05, 4.69) is 6.92 Å². The van der Waals surface area contributed by atoms with Gasteiger partial charge in [-0.25, -0.2) is 8.78 Å². The fourth-order valence-corrected chi connectivity index (χ4v) is 0.727. The van der Waals surface area contributed by atoms with Crippen LogP contribution in [0.15, 0.2) is 30.3 Å². The minimum Gasteiger partial charge on any atom is -0.207 e. The van der Waals surface area contributed by atoms with Gasteiger partial charge in [0.2, 0.25) is 0 Å². The summed E-state index contributed by atoms with van der Waals surface area (Å²) in [6.07, 6.45) is 1.09. The molecule has 1 rings (SSSR count). The van der Waals surface area contributed by atoms with E-state index in [1.54, 1.807) is 0 Å². The molecule has 0 aliphatic heterocycles. The highest BCUT2D eigenvalue weighted by molar-refractivity contribution is 5.58. The smallest absolute Gasteiger partial charge is 0.126 e. The molecule has 0 saturated carbocycles. The third kappa shape index (κ3) is 1.87. The van der Waals surface area contributed by atoms with Crippen molar-refractivity contribution in [2.75, 3.05) is 0 Å². The molecule has 57 valence electrons. The third-order valence-corrected chi connectivity index (χ3v) is 1.30. The van der Waals surface area contributed by atoms with Crippen molar-refractivity contribution in [1.82, 2.24) is 0 Å². The Kier molecular flexibility index (Phi) is 2.36. The van der Waals surface area contributed by atoms with E-state index in [0.717, 1.165) is 6.08 Å². The zero-order valence-electron chi connectivity index (χ0n) is 5.85. The molecule has 0 aliphatic carbocycles. The first-order valence-electron chi connectivity index (χ1n) is 3.15. The minimum atomic E-state index is -0.440. The van der Waals surface area contributed by atoms with Gasteiger partial charge in [-0.1, -0.05) is 0 Å². The molecule has 0 atom stereocenters. The van der Waals surface area contributed by atoms with Crippen LogP contribution in [0.4, 0.5) is 8.78 Å². The van der Waals surface area contributed by atoms with Crippen molar-refractivity contribution >= 4 is 5.83 Å². The monoisotopic (exact) mass is 153 g/mol. The molecule has 0 spiro atoms. The molecule has 0 aliphatic rings. The van der Waals surface area contributed by atoms with Gasteiger partial charge in [-0.2, -0.15) is 0 Å². The molecule has 1 aromatic rings. The van der Waals surface area contributed by atoms with Crippen LogP contribution >= 0.6 is 0 Å². The molecule has 0 nitrogen and oxygen atoms in total. The maximum Gasteiger partial charge on any atom is 0.126 e. The molecule has 0 saturated heterocycles. The number of allylic oxidation sites excluding steroid dienone is 1. The maximum absolute atomic E-state index is 12.7. The Morgan fingerprint density at radius 1 is 1.27 bits per heavy atom. The molecule has 1 radical (unpaired) electrons. The van der Waals surface area contributed by atoms with Crippen molar-refractivity contribution in [3.8, 4) is 0 Å². The molecule has 0 bridgehead atoms. The van der Waals surface area contributed by atoms with Gasteiger partial charge >= 0.3 is 0 Å². The lowest BCUT2D eigenvalue weighted by molar-refractivity contribution is 0.627. The van der Waals surface area contributed by atoms with Crippen LogP contribution in [0.5, 0.6) is 0 Å². The molecule has 0 aromatic heterocycles. The standard InChI is InChI=1S/C9H7F2/c1-2-9(11)7-3-5-8(10)6-4-7/h2-6H,1H2. The minimum absolute atomic E-state index is 0.349. The first kappa shape index (κ1) is 7.92. The summed E-state index contributed by atoms with van der Waals surface area (Å²) in [5, 5.41) is 0. The van der Waals surface area contributed by atoms with Crippen LogP contribution in [0.2, 0.25) is 0 Å². The molecule has 0 unspecified atom stereocenters. The van der Waals surface area contributed by atoms with Gasteiger partial charge in [-0.15, -0.1) is 0 Å². The summed E-state index contributed by atoms with van der Waals surface area (Å²) in [6, 6.07) is 5.15. The van der Waals surface area contributed by atoms with Gasteiger partial charge in [0.1, 0.15) is 11.6 Å². The number of halogens is 2. The summed E-state index contributed by atoms with van der Waals surface area (Å²) in [4.78, 5) is 0. The predicted octanol–water partition coefficient (Wildman–Crippen LogP) is 2.97. The Morgan fingerprint density at radius 3 is 2.27 bits per heavy atom. The van der Waals surface area contributed by atoms with Gasteiger partial charge in [0.25, 0.3) is 0 Å². The molecule has 2 heteroatoms. The molecule has 0 heterocycles. The summed E-state index contributed by atoms with van der Waals surface area (Å²) in [6.45, 7) is 3.25. The van der Waals surface area contributed by atoms with Crippen molar-refractivity contribution in [2.24, 2.45) is 0 Å². The van der Waals surface area contributed by atoms with Crippen LogP contribution in [0, 0.1) is 12.7 Å². The fraction of sp³-hybridized carbons (Fsp3) is 0. The lowest BCUT2D eigenvalue weighted by Crippen LogP contribution is -1.78. The van der Waals surface area contributed by atoms with Gasteiger partial charge in [0.15, 0.2) is 0 Å². The van der Waals surface area contributed by atoms with E-state index >= 15 is 0 Å². The van der Waals surface area contributed by atoms with Gasteiger partial charge in [0, 0.05) is 5.56 Å². The van der Waals surface area contributed by atoms with E-state index in [1.807, 2.05) is 0 Å². The Bertz CT molecular complexity index is 259. The fourth-order valence-electron chi connectivity index (χ4n) is 0.727. The number of hydrogen-bond acceptors (Lipinski definition) is 0. The van der Waals surface area contributed by atoms with Crippen molar-refractivity contribution in [3.63, 3.8) is 0 Å². The SMILES string of the molecule is [CH2]C=C(F)c1ccc(F)cc1. The topological polar surface area (TPSA) is 0 Å². The van der Waals surface area contributed by atoms with Gasteiger partial charge in [0.05, 0.1) is 0 Å². The second-order valence-corrected chi connectivity index (χ2v) is 2.06. The van der Waals surface area contributed by atoms with Crippen LogP contribution in [0.3, 0.4) is 0 Å². The molecule has 0 amide bonds. The molecule has 0 fully saturated rings. The zero-order chi connectivity index (χ0) is 8.27. The van der Waals surface area contributed by atoms with Crippen molar-refractivity contribution in [3.05, 3.63) is 48.6 Å². The van der Waals surface area contributed by atoms with E-state index in [0.29, 0.717) is 5.56 Å². The Hall–Kier alpha value is -1.18. The third-order valence-electron chi connectivity index (χ3n) is 1.30. The van der Waals surface area contributed by atoms with Crippen LogP contribution in [0.25, 0.3) is 5.83 Å². The van der Waals surface area contributed by atoms with Gasteiger partial charge < -0.3 is 0 Å². The normalized spacial score (nSPS) is 11.7. The first-order valence-corrected chi connectivity index (χ1v) is 3.15. The van der Waals surface area contributed by atoms with Crippen molar-refractivity contribution < 1.29 is 8.78 Å². The molecule has 11 heavy (non-hydrogen) atoms. The largest absolute Gasteiger partial charge is 0.207 e. The first-order chi connectivity index (χ1) is 5.24. The average molecular weight is 153 g/mol. The highest BCUT2D eigenvalue weighted by Crippen LogP contribution is 2.14. The molecule has 1 aromatic carbocycles. The predicted molar refractivity (Wildman–Crippen MR) is 40.8 cm³/mol. The second-order valence-electron chi connectivity index (χ2n) is 2.06. The van der Waals surface area contributed by atoms with Gasteiger partial charge in [-0.05, 0) is 37.3 Å². The lowest BCUT2D eigenvalue weighted by Gasteiger charge is -1.94. The summed E-state index contributed by atoms with van der Waals surface area (Å²) < 4.78 is 25.0. The van der Waals surface area contributed by atoms with Crippen LogP contribution in [0.1, 0.15) is 5.56 Å². The summed E-state index contributed by atoms with van der Waals surface area (Å²) in [7, 11) is 0. The van der Waals surface area contributed by atoms with E-state index in [1.165, 1.54) is 24.3 Å². The zero-order valence-corrected chi connectivity index (χ0v) is 5.85. The van der Waals surface area contributed by atoms with Crippen molar-refractivity contribution in [2.45, 2.75) is 0 Å². The van der Waals surface area contributed by atoms with Crippen LogP contribution < -0.4 is 0 Å². The molecular weight excluding hydrogens is 146 g/mol. The maximum atomic E-state index is 12.7. The number of benzene rings is 1. The Balaban J connectivity index is 2.99. The van der Waals surface area contributed by atoms with Crippen LogP contribution in [-0.4, -0.2) is 0 Å².